The van der Waals surface area contributed by atoms with E-state index in [4.69, 9.17) is 11.6 Å². The highest BCUT2D eigenvalue weighted by Gasteiger charge is 2.29. The second-order valence-electron chi connectivity index (χ2n) is 3.61. The van der Waals surface area contributed by atoms with Crippen molar-refractivity contribution < 1.29 is 13.2 Å². The van der Waals surface area contributed by atoms with Crippen LogP contribution in [0.1, 0.15) is 18.1 Å². The fraction of sp³-hybridized carbons (Fsp3) is 0.455. The molecule has 0 fully saturated rings. The zero-order valence-corrected chi connectivity index (χ0v) is 9.57. The van der Waals surface area contributed by atoms with Crippen molar-refractivity contribution in [2.45, 2.75) is 25.0 Å². The summed E-state index contributed by atoms with van der Waals surface area (Å²) < 4.78 is 36.7. The Morgan fingerprint density at radius 2 is 1.81 bits per heavy atom. The second-order valence-corrected chi connectivity index (χ2v) is 4.35. The van der Waals surface area contributed by atoms with Gasteiger partial charge in [-0.2, -0.15) is 13.2 Å². The predicted molar refractivity (Wildman–Crippen MR) is 58.5 cm³/mol. The van der Waals surface area contributed by atoms with Crippen molar-refractivity contribution in [1.29, 1.82) is 0 Å². The smallest absolute Gasteiger partial charge is 0.311 e. The van der Waals surface area contributed by atoms with Gasteiger partial charge in [-0.1, -0.05) is 12.1 Å². The first-order valence-corrected chi connectivity index (χ1v) is 5.34. The number of halogens is 4. The Morgan fingerprint density at radius 3 is 2.25 bits per heavy atom. The van der Waals surface area contributed by atoms with Gasteiger partial charge >= 0.3 is 6.18 Å². The molecule has 1 aromatic carbocycles. The third kappa shape index (κ3) is 4.41. The molecule has 0 aliphatic heterocycles. The Kier molecular flexibility index (Phi) is 4.62. The van der Waals surface area contributed by atoms with E-state index in [9.17, 15) is 13.2 Å². The first-order valence-electron chi connectivity index (χ1n) is 4.90. The lowest BCUT2D eigenvalue weighted by atomic mass is 10.1. The summed E-state index contributed by atoms with van der Waals surface area (Å²) in [6.45, 7) is 3.00. The third-order valence-electron chi connectivity index (χ3n) is 2.04. The molecule has 0 saturated carbocycles. The Hall–Kier alpha value is -0.740. The summed E-state index contributed by atoms with van der Waals surface area (Å²) in [5.41, 5.74) is 0.187. The van der Waals surface area contributed by atoms with Crippen molar-refractivity contribution in [3.8, 4) is 0 Å². The number of alkyl halides is 4. The average molecular weight is 252 g/mol. The van der Waals surface area contributed by atoms with Gasteiger partial charge in [-0.15, -0.1) is 11.6 Å². The minimum atomic E-state index is -4.27. The zero-order chi connectivity index (χ0) is 12.2. The van der Waals surface area contributed by atoms with E-state index in [1.165, 1.54) is 12.1 Å². The Bertz CT molecular complexity index is 319. The standard InChI is InChI=1S/C11H13ClF3N/c1-8(12)6-16-7-9-2-4-10(5-3-9)11(13,14)15/h2-5,8,16H,6-7H2,1H3. The van der Waals surface area contributed by atoms with Gasteiger partial charge in [0.05, 0.1) is 5.56 Å². The van der Waals surface area contributed by atoms with Gasteiger partial charge in [-0.3, -0.25) is 0 Å². The maximum atomic E-state index is 12.2. The minimum absolute atomic E-state index is 0.00875. The normalized spacial score (nSPS) is 13.8. The topological polar surface area (TPSA) is 12.0 Å². The number of rotatable bonds is 4. The van der Waals surface area contributed by atoms with E-state index in [1.807, 2.05) is 6.92 Å². The summed E-state index contributed by atoms with van der Waals surface area (Å²) >= 11 is 5.72. The molecule has 0 saturated heterocycles. The quantitative estimate of drug-likeness (QED) is 0.809. The molecule has 0 amide bonds. The van der Waals surface area contributed by atoms with Crippen molar-refractivity contribution >= 4 is 11.6 Å². The predicted octanol–water partition coefficient (Wildman–Crippen LogP) is 3.42. The molecule has 90 valence electrons. The molecule has 1 N–H and O–H groups in total. The highest BCUT2D eigenvalue weighted by Crippen LogP contribution is 2.28. The maximum absolute atomic E-state index is 12.2. The van der Waals surface area contributed by atoms with Crippen LogP contribution in [0.3, 0.4) is 0 Å². The van der Waals surface area contributed by atoms with Crippen LogP contribution >= 0.6 is 11.6 Å². The van der Waals surface area contributed by atoms with Gasteiger partial charge in [0.1, 0.15) is 0 Å². The van der Waals surface area contributed by atoms with Gasteiger partial charge < -0.3 is 5.32 Å². The molecule has 1 atom stereocenters. The number of hydrogen-bond donors (Lipinski definition) is 1. The number of nitrogens with one attached hydrogen (secondary N) is 1. The summed E-state index contributed by atoms with van der Waals surface area (Å²) in [6, 6.07) is 5.10. The summed E-state index contributed by atoms with van der Waals surface area (Å²) in [5.74, 6) is 0. The molecule has 1 nitrogen and oxygen atoms in total. The second kappa shape index (κ2) is 5.55. The van der Waals surface area contributed by atoms with Crippen LogP contribution in [0.2, 0.25) is 0 Å². The van der Waals surface area contributed by atoms with Crippen LogP contribution in [0, 0.1) is 0 Å². The third-order valence-corrected chi connectivity index (χ3v) is 2.19. The van der Waals surface area contributed by atoms with Crippen LogP contribution < -0.4 is 5.32 Å². The van der Waals surface area contributed by atoms with Crippen LogP contribution in [-0.2, 0) is 12.7 Å². The Morgan fingerprint density at radius 1 is 1.25 bits per heavy atom. The van der Waals surface area contributed by atoms with Crippen molar-refractivity contribution in [1.82, 2.24) is 5.32 Å². The van der Waals surface area contributed by atoms with Crippen molar-refractivity contribution in [2.75, 3.05) is 6.54 Å². The van der Waals surface area contributed by atoms with E-state index < -0.39 is 11.7 Å². The van der Waals surface area contributed by atoms with Crippen molar-refractivity contribution in [3.63, 3.8) is 0 Å². The zero-order valence-electron chi connectivity index (χ0n) is 8.81. The summed E-state index contributed by atoms with van der Waals surface area (Å²) in [4.78, 5) is 0. The molecule has 0 aliphatic rings. The molecule has 1 aromatic rings. The molecule has 16 heavy (non-hydrogen) atoms. The van der Waals surface area contributed by atoms with E-state index >= 15 is 0 Å². The SMILES string of the molecule is CC(Cl)CNCc1ccc(C(F)(F)F)cc1. The molecule has 0 spiro atoms. The van der Waals surface area contributed by atoms with E-state index in [0.717, 1.165) is 17.7 Å². The van der Waals surface area contributed by atoms with Gasteiger partial charge in [-0.05, 0) is 24.6 Å². The summed E-state index contributed by atoms with van der Waals surface area (Å²) in [6.07, 6.45) is -4.27. The minimum Gasteiger partial charge on any atom is -0.311 e. The molecule has 1 unspecified atom stereocenters. The molecule has 0 heterocycles. The number of benzene rings is 1. The molecule has 0 aromatic heterocycles. The van der Waals surface area contributed by atoms with Crippen LogP contribution in [-0.4, -0.2) is 11.9 Å². The first-order chi connectivity index (χ1) is 7.39. The van der Waals surface area contributed by atoms with Crippen molar-refractivity contribution in [2.24, 2.45) is 0 Å². The van der Waals surface area contributed by atoms with Gasteiger partial charge in [0.25, 0.3) is 0 Å². The first kappa shape index (κ1) is 13.3. The van der Waals surface area contributed by atoms with Crippen molar-refractivity contribution in [3.05, 3.63) is 35.4 Å². The lowest BCUT2D eigenvalue weighted by molar-refractivity contribution is -0.137. The van der Waals surface area contributed by atoms with Gasteiger partial charge in [0, 0.05) is 18.5 Å². The fourth-order valence-corrected chi connectivity index (χ4v) is 1.34. The number of hydrogen-bond acceptors (Lipinski definition) is 1. The van der Waals surface area contributed by atoms with Gasteiger partial charge in [-0.25, -0.2) is 0 Å². The van der Waals surface area contributed by atoms with Crippen LogP contribution in [0.25, 0.3) is 0 Å². The highest BCUT2D eigenvalue weighted by molar-refractivity contribution is 6.20. The van der Waals surface area contributed by atoms with E-state index in [0.29, 0.717) is 13.1 Å². The van der Waals surface area contributed by atoms with Gasteiger partial charge in [0.2, 0.25) is 0 Å². The molecule has 0 radical (unpaired) electrons. The van der Waals surface area contributed by atoms with E-state index in [1.54, 1.807) is 0 Å². The largest absolute Gasteiger partial charge is 0.416 e. The average Bonchev–Trinajstić information content (AvgIpc) is 2.16. The monoisotopic (exact) mass is 251 g/mol. The molecule has 0 aliphatic carbocycles. The summed E-state index contributed by atoms with van der Waals surface area (Å²) in [7, 11) is 0. The van der Waals surface area contributed by atoms with E-state index in [2.05, 4.69) is 5.32 Å². The molecule has 1 rings (SSSR count). The van der Waals surface area contributed by atoms with Crippen LogP contribution in [0.5, 0.6) is 0 Å². The van der Waals surface area contributed by atoms with Crippen LogP contribution in [0.15, 0.2) is 24.3 Å². The van der Waals surface area contributed by atoms with Crippen LogP contribution in [0.4, 0.5) is 13.2 Å². The Balaban J connectivity index is 2.52. The molecule has 5 heteroatoms. The molecule has 0 bridgehead atoms. The van der Waals surface area contributed by atoms with E-state index in [-0.39, 0.29) is 5.38 Å². The Labute approximate surface area is 97.6 Å². The molecular formula is C11H13ClF3N. The highest BCUT2D eigenvalue weighted by atomic mass is 35.5. The van der Waals surface area contributed by atoms with Gasteiger partial charge in [0.15, 0.2) is 0 Å². The lowest BCUT2D eigenvalue weighted by Crippen LogP contribution is -2.20. The lowest BCUT2D eigenvalue weighted by Gasteiger charge is -2.09. The summed E-state index contributed by atoms with van der Waals surface area (Å²) in [5, 5.41) is 3.05. The molecular weight excluding hydrogens is 239 g/mol. The maximum Gasteiger partial charge on any atom is 0.416 e. The fourth-order valence-electron chi connectivity index (χ4n) is 1.23.